The number of morpholine rings is 1. The van der Waals surface area contributed by atoms with E-state index in [4.69, 9.17) is 21.1 Å². The van der Waals surface area contributed by atoms with Crippen LogP contribution in [-0.2, 0) is 14.3 Å². The maximum Gasteiger partial charge on any atom is 0.254 e. The van der Waals surface area contributed by atoms with Crippen LogP contribution in [0.5, 0.6) is 0 Å². The number of carbonyl (C=O) groups excluding carboxylic acids is 2. The monoisotopic (exact) mass is 377 g/mol. The minimum atomic E-state index is -0.528. The number of rotatable bonds is 6. The number of amides is 2. The zero-order valence-electron chi connectivity index (χ0n) is 13.3. The Balaban J connectivity index is 0.00000288. The van der Waals surface area contributed by atoms with Crippen molar-refractivity contribution in [3.63, 3.8) is 0 Å². The average Bonchev–Trinajstić information content (AvgIpc) is 2.56. The summed E-state index contributed by atoms with van der Waals surface area (Å²) in [5, 5.41) is 8.77. The third-order valence-electron chi connectivity index (χ3n) is 3.29. The SMILES string of the molecule is COCCNC(=O)c1ccc(NC(=O)C2CNCCO2)cc1Cl.Cl. The highest BCUT2D eigenvalue weighted by molar-refractivity contribution is 6.34. The number of anilines is 1. The fourth-order valence-corrected chi connectivity index (χ4v) is 2.36. The Bertz CT molecular complexity index is 566. The molecule has 1 aromatic rings. The molecule has 2 amide bonds. The first-order valence-electron chi connectivity index (χ1n) is 7.31. The highest BCUT2D eigenvalue weighted by Crippen LogP contribution is 2.21. The van der Waals surface area contributed by atoms with Crippen molar-refractivity contribution in [3.05, 3.63) is 28.8 Å². The van der Waals surface area contributed by atoms with Crippen molar-refractivity contribution in [2.24, 2.45) is 0 Å². The van der Waals surface area contributed by atoms with Crippen LogP contribution in [0.15, 0.2) is 18.2 Å². The van der Waals surface area contributed by atoms with E-state index in [1.807, 2.05) is 0 Å². The largest absolute Gasteiger partial charge is 0.383 e. The molecule has 134 valence electrons. The summed E-state index contributed by atoms with van der Waals surface area (Å²) >= 11 is 6.12. The topological polar surface area (TPSA) is 88.7 Å². The summed E-state index contributed by atoms with van der Waals surface area (Å²) in [4.78, 5) is 24.0. The van der Waals surface area contributed by atoms with Gasteiger partial charge >= 0.3 is 0 Å². The quantitative estimate of drug-likeness (QED) is 0.645. The molecular formula is C15H21Cl2N3O4. The van der Waals surface area contributed by atoms with Gasteiger partial charge in [0.2, 0.25) is 0 Å². The predicted molar refractivity (Wildman–Crippen MR) is 94.1 cm³/mol. The molecule has 0 saturated carbocycles. The molecule has 1 fully saturated rings. The van der Waals surface area contributed by atoms with Gasteiger partial charge in [0.15, 0.2) is 0 Å². The molecule has 1 unspecified atom stereocenters. The van der Waals surface area contributed by atoms with Crippen molar-refractivity contribution >= 4 is 41.5 Å². The lowest BCUT2D eigenvalue weighted by atomic mass is 10.2. The fourth-order valence-electron chi connectivity index (χ4n) is 2.10. The molecule has 0 aromatic heterocycles. The molecular weight excluding hydrogens is 357 g/mol. The number of hydrogen-bond acceptors (Lipinski definition) is 5. The molecule has 0 bridgehead atoms. The average molecular weight is 378 g/mol. The van der Waals surface area contributed by atoms with Crippen LogP contribution in [0.25, 0.3) is 0 Å². The Morgan fingerprint density at radius 3 is 2.88 bits per heavy atom. The molecule has 1 heterocycles. The minimum absolute atomic E-state index is 0. The van der Waals surface area contributed by atoms with Gasteiger partial charge in [-0.1, -0.05) is 11.6 Å². The van der Waals surface area contributed by atoms with Gasteiger partial charge in [0.05, 0.1) is 23.8 Å². The molecule has 3 N–H and O–H groups in total. The maximum atomic E-state index is 12.1. The van der Waals surface area contributed by atoms with Crippen LogP contribution in [0.3, 0.4) is 0 Å². The van der Waals surface area contributed by atoms with Crippen molar-refractivity contribution in [3.8, 4) is 0 Å². The van der Waals surface area contributed by atoms with Gasteiger partial charge in [0.1, 0.15) is 6.10 Å². The molecule has 1 saturated heterocycles. The molecule has 2 rings (SSSR count). The minimum Gasteiger partial charge on any atom is -0.383 e. The van der Waals surface area contributed by atoms with E-state index < -0.39 is 6.10 Å². The summed E-state index contributed by atoms with van der Waals surface area (Å²) in [5.74, 6) is -0.532. The molecule has 1 aromatic carbocycles. The summed E-state index contributed by atoms with van der Waals surface area (Å²) in [6.45, 7) is 2.53. The van der Waals surface area contributed by atoms with Crippen molar-refractivity contribution in [1.29, 1.82) is 0 Å². The van der Waals surface area contributed by atoms with Gasteiger partial charge in [-0.15, -0.1) is 12.4 Å². The number of halogens is 2. The molecule has 0 aliphatic carbocycles. The van der Waals surface area contributed by atoms with Gasteiger partial charge in [0.25, 0.3) is 11.8 Å². The number of carbonyl (C=O) groups is 2. The normalized spacial score (nSPS) is 16.8. The van der Waals surface area contributed by atoms with Gasteiger partial charge in [-0.3, -0.25) is 9.59 Å². The molecule has 0 spiro atoms. The second-order valence-electron chi connectivity index (χ2n) is 5.00. The Morgan fingerprint density at radius 1 is 1.46 bits per heavy atom. The highest BCUT2D eigenvalue weighted by Gasteiger charge is 2.22. The number of methoxy groups -OCH3 is 1. The summed E-state index contributed by atoms with van der Waals surface area (Å²) in [6, 6.07) is 4.74. The highest BCUT2D eigenvalue weighted by atomic mass is 35.5. The summed E-state index contributed by atoms with van der Waals surface area (Å²) in [5.41, 5.74) is 0.860. The van der Waals surface area contributed by atoms with Crippen LogP contribution < -0.4 is 16.0 Å². The van der Waals surface area contributed by atoms with Gasteiger partial charge in [-0.05, 0) is 18.2 Å². The second kappa shape index (κ2) is 10.5. The first-order chi connectivity index (χ1) is 11.1. The summed E-state index contributed by atoms with van der Waals surface area (Å²) < 4.78 is 10.2. The van der Waals surface area contributed by atoms with Crippen molar-refractivity contribution in [1.82, 2.24) is 10.6 Å². The molecule has 0 radical (unpaired) electrons. The van der Waals surface area contributed by atoms with E-state index in [2.05, 4.69) is 16.0 Å². The fraction of sp³-hybridized carbons (Fsp3) is 0.467. The van der Waals surface area contributed by atoms with Crippen molar-refractivity contribution in [2.75, 3.05) is 45.3 Å². The Morgan fingerprint density at radius 2 is 2.25 bits per heavy atom. The zero-order chi connectivity index (χ0) is 16.7. The van der Waals surface area contributed by atoms with E-state index in [1.165, 1.54) is 0 Å². The van der Waals surface area contributed by atoms with Gasteiger partial charge in [-0.2, -0.15) is 0 Å². The Kier molecular flexibility index (Phi) is 9.02. The number of nitrogens with one attached hydrogen (secondary N) is 3. The molecule has 9 heteroatoms. The van der Waals surface area contributed by atoms with E-state index in [9.17, 15) is 9.59 Å². The molecule has 1 atom stereocenters. The van der Waals surface area contributed by atoms with Crippen LogP contribution in [0.1, 0.15) is 10.4 Å². The van der Waals surface area contributed by atoms with Gasteiger partial charge in [-0.25, -0.2) is 0 Å². The van der Waals surface area contributed by atoms with Crippen molar-refractivity contribution < 1.29 is 19.1 Å². The van der Waals surface area contributed by atoms with Crippen LogP contribution in [-0.4, -0.2) is 57.9 Å². The molecule has 1 aliphatic heterocycles. The molecule has 24 heavy (non-hydrogen) atoms. The van der Waals surface area contributed by atoms with Crippen LogP contribution >= 0.6 is 24.0 Å². The first kappa shape index (κ1) is 20.7. The second-order valence-corrected chi connectivity index (χ2v) is 5.40. The zero-order valence-corrected chi connectivity index (χ0v) is 14.8. The van der Waals surface area contributed by atoms with Crippen LogP contribution in [0.4, 0.5) is 5.69 Å². The molecule has 1 aliphatic rings. The van der Waals surface area contributed by atoms with Gasteiger partial charge < -0.3 is 25.4 Å². The van der Waals surface area contributed by atoms with E-state index >= 15 is 0 Å². The predicted octanol–water partition coefficient (Wildman–Crippen LogP) is 1.06. The molecule has 7 nitrogen and oxygen atoms in total. The van der Waals surface area contributed by atoms with E-state index in [0.29, 0.717) is 37.6 Å². The smallest absolute Gasteiger partial charge is 0.254 e. The van der Waals surface area contributed by atoms with Gasteiger partial charge in [0, 0.05) is 32.4 Å². The third kappa shape index (κ3) is 5.92. The summed E-state index contributed by atoms with van der Waals surface area (Å²) in [7, 11) is 1.56. The maximum absolute atomic E-state index is 12.1. The lowest BCUT2D eigenvalue weighted by Gasteiger charge is -2.22. The number of ether oxygens (including phenoxy) is 2. The standard InChI is InChI=1S/C15H20ClN3O4.ClH/c1-22-6-5-18-14(20)11-3-2-10(8-12(11)16)19-15(21)13-9-17-4-7-23-13;/h2-3,8,13,17H,4-7,9H2,1H3,(H,18,20)(H,19,21);1H. The Labute approximate surface area is 151 Å². The first-order valence-corrected chi connectivity index (χ1v) is 7.69. The van der Waals surface area contributed by atoms with E-state index in [1.54, 1.807) is 25.3 Å². The Hall–Kier alpha value is -1.38. The number of benzene rings is 1. The third-order valence-corrected chi connectivity index (χ3v) is 3.61. The number of hydrogen-bond donors (Lipinski definition) is 3. The summed E-state index contributed by atoms with van der Waals surface area (Å²) in [6.07, 6.45) is -0.528. The van der Waals surface area contributed by atoms with E-state index in [-0.39, 0.29) is 29.2 Å². The van der Waals surface area contributed by atoms with Crippen LogP contribution in [0.2, 0.25) is 5.02 Å². The van der Waals surface area contributed by atoms with Crippen LogP contribution in [0, 0.1) is 0 Å². The van der Waals surface area contributed by atoms with Crippen molar-refractivity contribution in [2.45, 2.75) is 6.10 Å². The lowest BCUT2D eigenvalue weighted by molar-refractivity contribution is -0.128. The lowest BCUT2D eigenvalue weighted by Crippen LogP contribution is -2.45. The van der Waals surface area contributed by atoms with E-state index in [0.717, 1.165) is 6.54 Å².